The van der Waals surface area contributed by atoms with Gasteiger partial charge in [0.15, 0.2) is 5.79 Å². The van der Waals surface area contributed by atoms with Crippen LogP contribution in [0, 0.1) is 0 Å². The number of thiol groups is 2. The minimum Gasteiger partial charge on any atom is -0.345 e. The van der Waals surface area contributed by atoms with Crippen LogP contribution in [0.4, 0.5) is 0 Å². The summed E-state index contributed by atoms with van der Waals surface area (Å²) in [5.41, 5.74) is 2.24. The van der Waals surface area contributed by atoms with Crippen molar-refractivity contribution in [3.63, 3.8) is 0 Å². The van der Waals surface area contributed by atoms with Gasteiger partial charge in [-0.3, -0.25) is 0 Å². The van der Waals surface area contributed by atoms with Gasteiger partial charge in [-0.15, -0.1) is 0 Å². The smallest absolute Gasteiger partial charge is 0.199 e. The van der Waals surface area contributed by atoms with Gasteiger partial charge in [-0.2, -0.15) is 25.3 Å². The van der Waals surface area contributed by atoms with E-state index in [1.54, 1.807) is 0 Å². The van der Waals surface area contributed by atoms with Crippen LogP contribution in [0.5, 0.6) is 0 Å². The van der Waals surface area contributed by atoms with Crippen LogP contribution in [0.25, 0.3) is 22.4 Å². The predicted octanol–water partition coefficient (Wildman–Crippen LogP) is 3.81. The lowest BCUT2D eigenvalue weighted by molar-refractivity contribution is -0.186. The van der Waals surface area contributed by atoms with Crippen molar-refractivity contribution in [2.45, 2.75) is 12.2 Å². The molecule has 0 aliphatic heterocycles. The van der Waals surface area contributed by atoms with Crippen molar-refractivity contribution in [2.75, 3.05) is 24.7 Å². The normalized spacial score (nSPS) is 15.3. The third-order valence-electron chi connectivity index (χ3n) is 5.11. The van der Waals surface area contributed by atoms with E-state index in [2.05, 4.69) is 98.1 Å². The summed E-state index contributed by atoms with van der Waals surface area (Å²) >= 11 is 8.73. The van der Waals surface area contributed by atoms with Gasteiger partial charge in [0.1, 0.15) is 0 Å². The summed E-state index contributed by atoms with van der Waals surface area (Å²) in [6.45, 7) is 1.03. The molecule has 0 bridgehead atoms. The molecule has 0 saturated carbocycles. The Bertz CT molecular complexity index is 1080. The molecule has 0 saturated heterocycles. The molecule has 4 heteroatoms. The number of hydrogen-bond donors (Lipinski definition) is 2. The molecule has 2 nitrogen and oxygen atoms in total. The lowest BCUT2D eigenvalue weighted by atomic mass is 9.85. The van der Waals surface area contributed by atoms with E-state index in [4.69, 9.17) is 9.47 Å². The van der Waals surface area contributed by atoms with Crippen molar-refractivity contribution in [1.29, 1.82) is 0 Å². The van der Waals surface area contributed by atoms with Gasteiger partial charge in [0.25, 0.3) is 0 Å². The van der Waals surface area contributed by atoms with Gasteiger partial charge in [0.2, 0.25) is 0 Å². The highest BCUT2D eigenvalue weighted by Gasteiger charge is 2.39. The Labute approximate surface area is 176 Å². The molecule has 0 aromatic heterocycles. The van der Waals surface area contributed by atoms with E-state index < -0.39 is 5.79 Å². The van der Waals surface area contributed by atoms with Crippen molar-refractivity contribution < 1.29 is 9.47 Å². The van der Waals surface area contributed by atoms with Crippen LogP contribution in [0.15, 0.2) is 66.7 Å². The van der Waals surface area contributed by atoms with Gasteiger partial charge >= 0.3 is 0 Å². The van der Waals surface area contributed by atoms with Gasteiger partial charge in [-0.05, 0) is 26.8 Å². The van der Waals surface area contributed by atoms with Crippen LogP contribution < -0.4 is 10.4 Å². The van der Waals surface area contributed by atoms with Crippen LogP contribution >= 0.6 is 25.3 Å². The molecular weight excluding hydrogens is 384 g/mol. The zero-order chi connectivity index (χ0) is 19.4. The zero-order valence-corrected chi connectivity index (χ0v) is 17.5. The van der Waals surface area contributed by atoms with E-state index in [0.29, 0.717) is 31.1 Å². The summed E-state index contributed by atoms with van der Waals surface area (Å²) in [7, 11) is 0. The Balaban J connectivity index is 2.05. The first-order valence-electron chi connectivity index (χ1n) is 9.57. The van der Waals surface area contributed by atoms with Crippen molar-refractivity contribution in [3.8, 4) is 0 Å². The monoisotopic (exact) mass is 408 g/mol. The molecule has 0 radical (unpaired) electrons. The molecule has 3 aromatic rings. The third kappa shape index (κ3) is 3.62. The maximum atomic E-state index is 6.39. The van der Waals surface area contributed by atoms with E-state index >= 15 is 0 Å². The van der Waals surface area contributed by atoms with Crippen LogP contribution in [0.2, 0.25) is 0 Å². The Kier molecular flexibility index (Phi) is 6.12. The van der Waals surface area contributed by atoms with E-state index in [9.17, 15) is 0 Å². The van der Waals surface area contributed by atoms with Crippen LogP contribution in [-0.2, 0) is 9.47 Å². The van der Waals surface area contributed by atoms with Crippen molar-refractivity contribution in [3.05, 3.63) is 82.7 Å². The Hall–Kier alpha value is -1.72. The molecule has 28 heavy (non-hydrogen) atoms. The van der Waals surface area contributed by atoms with E-state index in [0.717, 1.165) is 16.4 Å². The minimum atomic E-state index is -0.843. The summed E-state index contributed by atoms with van der Waals surface area (Å²) in [5, 5.41) is 4.77. The van der Waals surface area contributed by atoms with Crippen molar-refractivity contribution in [1.82, 2.24) is 0 Å². The minimum absolute atomic E-state index is 0.514. The van der Waals surface area contributed by atoms with Gasteiger partial charge in [-0.25, -0.2) is 0 Å². The second-order valence-electron chi connectivity index (χ2n) is 6.79. The van der Waals surface area contributed by atoms with Crippen LogP contribution in [0.3, 0.4) is 0 Å². The first kappa shape index (κ1) is 19.6. The number of rotatable bonds is 7. The molecule has 1 aliphatic carbocycles. The summed E-state index contributed by atoms with van der Waals surface area (Å²) in [6, 6.07) is 23.3. The molecule has 0 amide bonds. The highest BCUT2D eigenvalue weighted by atomic mass is 32.1. The lowest BCUT2D eigenvalue weighted by Gasteiger charge is -2.37. The fourth-order valence-corrected chi connectivity index (χ4v) is 4.16. The third-order valence-corrected chi connectivity index (χ3v) is 5.48. The molecule has 0 heterocycles. The van der Waals surface area contributed by atoms with Gasteiger partial charge in [0, 0.05) is 23.5 Å². The number of hydrogen-bond acceptors (Lipinski definition) is 4. The fourth-order valence-electron chi connectivity index (χ4n) is 3.97. The highest BCUT2D eigenvalue weighted by molar-refractivity contribution is 7.80. The second-order valence-corrected chi connectivity index (χ2v) is 7.69. The quantitative estimate of drug-likeness (QED) is 0.457. The average Bonchev–Trinajstić information content (AvgIpc) is 2.76. The summed E-state index contributed by atoms with van der Waals surface area (Å²) < 4.78 is 12.8. The summed E-state index contributed by atoms with van der Waals surface area (Å²) in [5.74, 6) is 0.427. The van der Waals surface area contributed by atoms with E-state index in [1.165, 1.54) is 16.0 Å². The molecule has 144 valence electrons. The Morgan fingerprint density at radius 1 is 0.786 bits per heavy atom. The Morgan fingerprint density at radius 2 is 1.46 bits per heavy atom. The second kappa shape index (κ2) is 8.75. The standard InChI is InChI=1S/C24H24O2S2/c27-16-14-25-24(26-15-17-28)13-12-19-7-2-4-10-21(19)23(24)22-11-5-8-18-6-1-3-9-20(18)22/h1-12,27-28H,13-17H2. The number of benzene rings is 3. The van der Waals surface area contributed by atoms with Crippen molar-refractivity contribution >= 4 is 47.7 Å². The first-order chi connectivity index (χ1) is 13.8. The largest absolute Gasteiger partial charge is 0.345 e. The number of fused-ring (bicyclic) bond motifs is 2. The predicted molar refractivity (Wildman–Crippen MR) is 124 cm³/mol. The molecule has 0 atom stereocenters. The molecular formula is C24H24O2S2. The van der Waals surface area contributed by atoms with Gasteiger partial charge < -0.3 is 9.47 Å². The molecule has 4 rings (SSSR count). The molecule has 3 aromatic carbocycles. The van der Waals surface area contributed by atoms with E-state index in [1.807, 2.05) is 0 Å². The maximum absolute atomic E-state index is 6.39. The van der Waals surface area contributed by atoms with Crippen LogP contribution in [0.1, 0.15) is 12.0 Å². The Morgan fingerprint density at radius 3 is 2.25 bits per heavy atom. The van der Waals surface area contributed by atoms with E-state index in [-0.39, 0.29) is 0 Å². The summed E-state index contributed by atoms with van der Waals surface area (Å²) in [4.78, 5) is 0. The molecule has 1 aliphatic rings. The SMILES string of the molecule is SCCOC1(OCCS)CC=c2ccccc2=C1c1cccc2ccccc12. The topological polar surface area (TPSA) is 18.5 Å². The highest BCUT2D eigenvalue weighted by Crippen LogP contribution is 2.37. The lowest BCUT2D eigenvalue weighted by Crippen LogP contribution is -2.47. The summed E-state index contributed by atoms with van der Waals surface area (Å²) in [6.07, 6.45) is 2.87. The molecule has 0 fully saturated rings. The first-order valence-corrected chi connectivity index (χ1v) is 10.8. The zero-order valence-electron chi connectivity index (χ0n) is 15.7. The molecule has 0 N–H and O–H groups in total. The molecule has 0 spiro atoms. The fraction of sp³-hybridized carbons (Fsp3) is 0.250. The van der Waals surface area contributed by atoms with Crippen molar-refractivity contribution in [2.24, 2.45) is 0 Å². The average molecular weight is 409 g/mol. The number of ether oxygens (including phenoxy) is 2. The van der Waals surface area contributed by atoms with Crippen LogP contribution in [-0.4, -0.2) is 30.5 Å². The van der Waals surface area contributed by atoms with Gasteiger partial charge in [-0.1, -0.05) is 72.8 Å². The molecule has 0 unspecified atom stereocenters. The van der Waals surface area contributed by atoms with Gasteiger partial charge in [0.05, 0.1) is 13.2 Å². The maximum Gasteiger partial charge on any atom is 0.199 e.